The van der Waals surface area contributed by atoms with Gasteiger partial charge in [-0.05, 0) is 67.8 Å². The first-order chi connectivity index (χ1) is 21.2. The van der Waals surface area contributed by atoms with Gasteiger partial charge in [-0.1, -0.05) is 54.0 Å². The van der Waals surface area contributed by atoms with Gasteiger partial charge in [0.05, 0.1) is 25.2 Å². The smallest absolute Gasteiger partial charge is 0.268 e. The van der Waals surface area contributed by atoms with Crippen molar-refractivity contribution >= 4 is 40.7 Å². The Labute approximate surface area is 265 Å². The maximum Gasteiger partial charge on any atom is 0.268 e. The number of H-pyrrole nitrogens is 2. The maximum absolute atomic E-state index is 13.1. The Balaban J connectivity index is 1.32. The second-order valence-electron chi connectivity index (χ2n) is 11.1. The van der Waals surface area contributed by atoms with Gasteiger partial charge in [0.15, 0.2) is 5.78 Å². The number of rotatable bonds is 11. The van der Waals surface area contributed by atoms with Gasteiger partial charge in [-0.2, -0.15) is 0 Å². The molecule has 5 N–H and O–H groups in total. The molecule has 0 spiro atoms. The van der Waals surface area contributed by atoms with E-state index in [1.54, 1.807) is 42.6 Å². The van der Waals surface area contributed by atoms with Crippen molar-refractivity contribution in [3.8, 4) is 22.4 Å². The Bertz CT molecular complexity index is 1710. The van der Waals surface area contributed by atoms with E-state index in [4.69, 9.17) is 29.8 Å². The zero-order chi connectivity index (χ0) is 31.4. The summed E-state index contributed by atoms with van der Waals surface area (Å²) in [6.45, 7) is 10.3. The van der Waals surface area contributed by atoms with E-state index in [2.05, 4.69) is 37.6 Å². The largest absolute Gasteiger partial charge is 0.394 e. The molecular formula is C32H33Cl2N7O3. The van der Waals surface area contributed by atoms with E-state index in [1.807, 2.05) is 24.1 Å². The summed E-state index contributed by atoms with van der Waals surface area (Å²) in [6, 6.07) is 13.7. The Morgan fingerprint density at radius 3 is 2.68 bits per heavy atom. The summed E-state index contributed by atoms with van der Waals surface area (Å²) in [4.78, 5) is 34.3. The van der Waals surface area contributed by atoms with Crippen LogP contribution in [0, 0.1) is 6.57 Å². The molecular weight excluding hydrogens is 601 g/mol. The summed E-state index contributed by atoms with van der Waals surface area (Å²) in [5.74, 6) is -0.0189. The van der Waals surface area contributed by atoms with E-state index < -0.39 is 11.9 Å². The van der Waals surface area contributed by atoms with Gasteiger partial charge in [-0.3, -0.25) is 14.5 Å². The Morgan fingerprint density at radius 1 is 1.18 bits per heavy atom. The van der Waals surface area contributed by atoms with Crippen LogP contribution in [0.3, 0.4) is 0 Å². The molecule has 2 unspecified atom stereocenters. The van der Waals surface area contributed by atoms with E-state index >= 15 is 0 Å². The highest BCUT2D eigenvalue weighted by molar-refractivity contribution is 6.31. The molecule has 3 heterocycles. The molecule has 2 aromatic heterocycles. The molecule has 228 valence electrons. The molecule has 0 saturated carbocycles. The highest BCUT2D eigenvalue weighted by atomic mass is 35.5. The zero-order valence-electron chi connectivity index (χ0n) is 24.3. The SMILES string of the molecule is [C-]#[N+]c1[nH]nc(-c2c[nH]c(C(=O)N[C@H](CO)c3cccc(Cl)c3)c2)c1-c1ccc(CN(C)CC(=O)C2CCC(C)N2)c(Cl)c1. The lowest BCUT2D eigenvalue weighted by Gasteiger charge is -2.19. The van der Waals surface area contributed by atoms with Crippen molar-refractivity contribution in [2.24, 2.45) is 0 Å². The average Bonchev–Trinajstić information content (AvgIpc) is 3.76. The summed E-state index contributed by atoms with van der Waals surface area (Å²) in [5.41, 5.74) is 4.09. The van der Waals surface area contributed by atoms with Crippen molar-refractivity contribution in [3.05, 3.63) is 93.0 Å². The van der Waals surface area contributed by atoms with Crippen molar-refractivity contribution in [2.45, 2.75) is 44.4 Å². The van der Waals surface area contributed by atoms with Gasteiger partial charge in [-0.15, -0.1) is 5.10 Å². The molecule has 5 rings (SSSR count). The van der Waals surface area contributed by atoms with E-state index in [0.29, 0.717) is 57.1 Å². The van der Waals surface area contributed by atoms with Crippen molar-refractivity contribution in [2.75, 3.05) is 20.2 Å². The lowest BCUT2D eigenvalue weighted by Crippen LogP contribution is -2.40. The van der Waals surface area contributed by atoms with Crippen LogP contribution in [0.5, 0.6) is 0 Å². The summed E-state index contributed by atoms with van der Waals surface area (Å²) in [6.07, 6.45) is 3.50. The van der Waals surface area contributed by atoms with Gasteiger partial charge in [0.25, 0.3) is 11.7 Å². The lowest BCUT2D eigenvalue weighted by atomic mass is 10.0. The van der Waals surface area contributed by atoms with Gasteiger partial charge < -0.3 is 25.6 Å². The van der Waals surface area contributed by atoms with Crippen LogP contribution in [0.1, 0.15) is 47.4 Å². The number of halogens is 2. The fraction of sp³-hybridized carbons (Fsp3) is 0.312. The minimum absolute atomic E-state index is 0.101. The Hall–Kier alpha value is -3.98. The number of likely N-dealkylation sites (N-methyl/N-ethyl adjacent to an activating group) is 1. The second kappa shape index (κ2) is 13.8. The minimum Gasteiger partial charge on any atom is -0.394 e. The number of ketones is 1. The normalized spacial score (nSPS) is 17.0. The third kappa shape index (κ3) is 7.04. The van der Waals surface area contributed by atoms with E-state index in [1.165, 1.54) is 0 Å². The molecule has 1 aliphatic rings. The number of Topliss-reactive ketones (excluding diaryl/α,β-unsaturated/α-hetero) is 1. The number of aliphatic hydroxyl groups is 1. The second-order valence-corrected chi connectivity index (χ2v) is 12.0. The van der Waals surface area contributed by atoms with Crippen LogP contribution in [-0.2, 0) is 11.3 Å². The molecule has 3 atom stereocenters. The first kappa shape index (κ1) is 31.4. The summed E-state index contributed by atoms with van der Waals surface area (Å²) in [7, 11) is 1.89. The van der Waals surface area contributed by atoms with Gasteiger partial charge in [0.2, 0.25) is 0 Å². The number of amides is 1. The van der Waals surface area contributed by atoms with Crippen LogP contribution in [0.4, 0.5) is 5.82 Å². The van der Waals surface area contributed by atoms with Crippen molar-refractivity contribution in [1.82, 2.24) is 30.7 Å². The zero-order valence-corrected chi connectivity index (χ0v) is 25.8. The fourth-order valence-electron chi connectivity index (χ4n) is 5.49. The lowest BCUT2D eigenvalue weighted by molar-refractivity contribution is -0.121. The van der Waals surface area contributed by atoms with E-state index in [9.17, 15) is 14.7 Å². The third-order valence-electron chi connectivity index (χ3n) is 7.77. The van der Waals surface area contributed by atoms with Crippen LogP contribution in [0.15, 0.2) is 54.7 Å². The molecule has 1 fully saturated rings. The molecule has 1 amide bonds. The predicted molar refractivity (Wildman–Crippen MR) is 171 cm³/mol. The molecule has 12 heteroatoms. The van der Waals surface area contributed by atoms with Gasteiger partial charge in [0, 0.05) is 40.0 Å². The van der Waals surface area contributed by atoms with Gasteiger partial charge >= 0.3 is 0 Å². The summed E-state index contributed by atoms with van der Waals surface area (Å²) < 4.78 is 0. The number of aromatic nitrogens is 3. The molecule has 0 bridgehead atoms. The number of aliphatic hydroxyl groups excluding tert-OH is 1. The third-order valence-corrected chi connectivity index (χ3v) is 8.36. The van der Waals surface area contributed by atoms with Crippen molar-refractivity contribution in [1.29, 1.82) is 0 Å². The predicted octanol–water partition coefficient (Wildman–Crippen LogP) is 5.53. The monoisotopic (exact) mass is 633 g/mol. The van der Waals surface area contributed by atoms with E-state index in [-0.39, 0.29) is 29.9 Å². The van der Waals surface area contributed by atoms with Crippen LogP contribution < -0.4 is 10.6 Å². The number of carbonyl (C=O) groups excluding carboxylic acids is 2. The van der Waals surface area contributed by atoms with Crippen molar-refractivity contribution < 1.29 is 14.7 Å². The first-order valence-corrected chi connectivity index (χ1v) is 15.0. The number of hydrogen-bond acceptors (Lipinski definition) is 6. The first-order valence-electron chi connectivity index (χ1n) is 14.2. The number of nitrogens with zero attached hydrogens (tertiary/aromatic N) is 3. The van der Waals surface area contributed by atoms with Gasteiger partial charge in [0.1, 0.15) is 11.4 Å². The molecule has 0 radical (unpaired) electrons. The molecule has 4 aromatic rings. The number of aromatic amines is 2. The molecule has 10 nitrogen and oxygen atoms in total. The maximum atomic E-state index is 13.1. The van der Waals surface area contributed by atoms with E-state index in [0.717, 1.165) is 18.4 Å². The van der Waals surface area contributed by atoms with Crippen LogP contribution in [0.2, 0.25) is 10.0 Å². The molecule has 1 aliphatic heterocycles. The van der Waals surface area contributed by atoms with Crippen LogP contribution >= 0.6 is 23.2 Å². The number of hydrogen-bond donors (Lipinski definition) is 5. The average molecular weight is 635 g/mol. The van der Waals surface area contributed by atoms with Gasteiger partial charge in [-0.25, -0.2) is 5.10 Å². The van der Waals surface area contributed by atoms with Crippen LogP contribution in [-0.4, -0.2) is 69.2 Å². The quantitative estimate of drug-likeness (QED) is 0.138. The number of nitrogens with one attached hydrogen (secondary N) is 4. The Kier molecular flexibility index (Phi) is 9.84. The van der Waals surface area contributed by atoms with Crippen molar-refractivity contribution in [3.63, 3.8) is 0 Å². The topological polar surface area (TPSA) is 130 Å². The van der Waals surface area contributed by atoms with Crippen LogP contribution in [0.25, 0.3) is 27.2 Å². The Morgan fingerprint density at radius 2 is 2.00 bits per heavy atom. The summed E-state index contributed by atoms with van der Waals surface area (Å²) in [5, 5.41) is 24.2. The minimum atomic E-state index is -0.650. The fourth-order valence-corrected chi connectivity index (χ4v) is 5.93. The highest BCUT2D eigenvalue weighted by Gasteiger charge is 2.27. The summed E-state index contributed by atoms with van der Waals surface area (Å²) >= 11 is 12.8. The molecule has 1 saturated heterocycles. The molecule has 0 aliphatic carbocycles. The standard InChI is InChI=1S/C32H33Cl2N7O3/c1-18-7-10-25(37-18)28(43)16-41(3)15-21-9-8-20(12-24(21)34)29-30(39-40-31(29)35-2)22-13-26(36-14-22)32(44)38-27(17-42)19-5-4-6-23(33)11-19/h4-6,8-9,11-14,18,25,27,36-37,42H,7,10,15-17H2,1,3H3,(H,38,44)(H,39,40)/t18?,25?,27-/m1/s1. The molecule has 2 aromatic carbocycles. The number of carbonyl (C=O) groups is 2. The number of benzene rings is 2. The molecule has 44 heavy (non-hydrogen) atoms. The highest BCUT2D eigenvalue weighted by Crippen LogP contribution is 2.39.